The Morgan fingerprint density at radius 3 is 2.24 bits per heavy atom. The molecule has 152 valence electrons. The van der Waals surface area contributed by atoms with Crippen molar-refractivity contribution < 1.29 is 8.42 Å². The van der Waals surface area contributed by atoms with E-state index < -0.39 is 10.0 Å². The van der Waals surface area contributed by atoms with Crippen molar-refractivity contribution in [3.63, 3.8) is 0 Å². The van der Waals surface area contributed by atoms with Crippen molar-refractivity contribution in [3.8, 4) is 0 Å². The topological polar surface area (TPSA) is 75.2 Å². The van der Waals surface area contributed by atoms with Gasteiger partial charge in [-0.3, -0.25) is 4.72 Å². The van der Waals surface area contributed by atoms with Gasteiger partial charge in [-0.05, 0) is 43.2 Å². The summed E-state index contributed by atoms with van der Waals surface area (Å²) in [6.45, 7) is 1.61. The third kappa shape index (κ3) is 4.42. The lowest BCUT2D eigenvalue weighted by molar-refractivity contribution is 0.601. The number of nitrogens with zero attached hydrogens (tertiary/aromatic N) is 3. The van der Waals surface area contributed by atoms with Crippen LogP contribution in [0.4, 0.5) is 11.6 Å². The second-order valence-electron chi connectivity index (χ2n) is 6.97. The van der Waals surface area contributed by atoms with Crippen LogP contribution in [-0.2, 0) is 10.0 Å². The average Bonchev–Trinajstić information content (AvgIpc) is 2.98. The second-order valence-corrected chi connectivity index (χ2v) is 9.46. The molecule has 0 atom stereocenters. The SMILES string of the molecule is O=S(=O)(Nc1nc2ccccc2nc1N1CCCCCC1)c1cc(Cl)ccc1Cl. The van der Waals surface area contributed by atoms with Crippen molar-refractivity contribution >= 4 is 55.9 Å². The standard InChI is InChI=1S/C20H20Cl2N4O2S/c21-14-9-10-15(22)18(13-14)29(27,28)25-19-20(26-11-5-1-2-6-12-26)24-17-8-4-3-7-16(17)23-19/h3-4,7-10,13H,1-2,5-6,11-12H2,(H,23,25). The summed E-state index contributed by atoms with van der Waals surface area (Å²) in [5, 5.41) is 0.374. The molecule has 0 saturated carbocycles. The summed E-state index contributed by atoms with van der Waals surface area (Å²) in [6.07, 6.45) is 4.36. The molecular weight excluding hydrogens is 431 g/mol. The molecule has 1 fully saturated rings. The first kappa shape index (κ1) is 20.2. The molecule has 29 heavy (non-hydrogen) atoms. The van der Waals surface area contributed by atoms with E-state index in [1.54, 1.807) is 12.1 Å². The minimum Gasteiger partial charge on any atom is -0.354 e. The van der Waals surface area contributed by atoms with Gasteiger partial charge in [-0.2, -0.15) is 0 Å². The molecule has 1 aliphatic heterocycles. The number of hydrogen-bond donors (Lipinski definition) is 1. The van der Waals surface area contributed by atoms with Gasteiger partial charge in [0.05, 0.1) is 16.1 Å². The summed E-state index contributed by atoms with van der Waals surface area (Å²) < 4.78 is 28.7. The Labute approximate surface area is 179 Å². The van der Waals surface area contributed by atoms with Crippen molar-refractivity contribution in [1.29, 1.82) is 0 Å². The van der Waals surface area contributed by atoms with Crippen LogP contribution in [0.2, 0.25) is 10.0 Å². The molecule has 0 spiro atoms. The molecule has 6 nitrogen and oxygen atoms in total. The van der Waals surface area contributed by atoms with E-state index in [-0.39, 0.29) is 20.8 Å². The van der Waals surface area contributed by atoms with Crippen LogP contribution in [0, 0.1) is 0 Å². The maximum Gasteiger partial charge on any atom is 0.264 e. The summed E-state index contributed by atoms with van der Waals surface area (Å²) >= 11 is 12.1. The fraction of sp³-hybridized carbons (Fsp3) is 0.300. The molecule has 2 aromatic carbocycles. The largest absolute Gasteiger partial charge is 0.354 e. The number of halogens is 2. The molecule has 4 rings (SSSR count). The lowest BCUT2D eigenvalue weighted by Crippen LogP contribution is -2.27. The number of nitrogens with one attached hydrogen (secondary N) is 1. The van der Waals surface area contributed by atoms with Gasteiger partial charge in [-0.1, -0.05) is 48.2 Å². The lowest BCUT2D eigenvalue weighted by atomic mass is 10.2. The number of para-hydroxylation sites is 2. The van der Waals surface area contributed by atoms with E-state index in [2.05, 4.69) is 14.6 Å². The number of fused-ring (bicyclic) bond motifs is 1. The predicted molar refractivity (Wildman–Crippen MR) is 117 cm³/mol. The Kier molecular flexibility index (Phi) is 5.81. The molecule has 9 heteroatoms. The maximum absolute atomic E-state index is 13.1. The van der Waals surface area contributed by atoms with Gasteiger partial charge in [0.2, 0.25) is 0 Å². The molecule has 0 unspecified atom stereocenters. The molecule has 2 heterocycles. The molecule has 1 N–H and O–H groups in total. The fourth-order valence-electron chi connectivity index (χ4n) is 3.43. The molecule has 0 aliphatic carbocycles. The third-order valence-corrected chi connectivity index (χ3v) is 6.93. The number of hydrogen-bond acceptors (Lipinski definition) is 5. The number of rotatable bonds is 4. The summed E-state index contributed by atoms with van der Waals surface area (Å²) in [5.74, 6) is 0.731. The molecule has 3 aromatic rings. The van der Waals surface area contributed by atoms with Crippen molar-refractivity contribution in [1.82, 2.24) is 9.97 Å². The highest BCUT2D eigenvalue weighted by Gasteiger charge is 2.24. The summed E-state index contributed by atoms with van der Waals surface area (Å²) in [6, 6.07) is 11.7. The van der Waals surface area contributed by atoms with E-state index in [0.717, 1.165) is 44.3 Å². The predicted octanol–water partition coefficient (Wildman–Crippen LogP) is 5.12. The van der Waals surface area contributed by atoms with Crippen LogP contribution in [-0.4, -0.2) is 31.5 Å². The zero-order valence-corrected chi connectivity index (χ0v) is 17.9. The Bertz CT molecular complexity index is 1150. The monoisotopic (exact) mass is 450 g/mol. The van der Waals surface area contributed by atoms with Crippen LogP contribution in [0.15, 0.2) is 47.4 Å². The van der Waals surface area contributed by atoms with Gasteiger partial charge in [0.15, 0.2) is 11.6 Å². The van der Waals surface area contributed by atoms with E-state index in [4.69, 9.17) is 28.2 Å². The normalized spacial score (nSPS) is 15.3. The molecule has 0 amide bonds. The molecular formula is C20H20Cl2N4O2S. The first-order valence-corrected chi connectivity index (χ1v) is 11.7. The van der Waals surface area contributed by atoms with Gasteiger partial charge in [-0.15, -0.1) is 0 Å². The highest BCUT2D eigenvalue weighted by atomic mass is 35.5. The molecule has 0 bridgehead atoms. The van der Waals surface area contributed by atoms with Crippen LogP contribution in [0.25, 0.3) is 11.0 Å². The first-order chi connectivity index (χ1) is 13.9. The van der Waals surface area contributed by atoms with E-state index in [1.165, 1.54) is 12.1 Å². The number of sulfonamides is 1. The van der Waals surface area contributed by atoms with Crippen molar-refractivity contribution in [3.05, 3.63) is 52.5 Å². The maximum atomic E-state index is 13.1. The number of benzene rings is 2. The van der Waals surface area contributed by atoms with Gasteiger partial charge in [-0.25, -0.2) is 18.4 Å². The van der Waals surface area contributed by atoms with Crippen LogP contribution in [0.5, 0.6) is 0 Å². The van der Waals surface area contributed by atoms with Gasteiger partial charge >= 0.3 is 0 Å². The molecule has 1 aliphatic rings. The minimum atomic E-state index is -4.00. The van der Waals surface area contributed by atoms with Gasteiger partial charge in [0, 0.05) is 18.1 Å². The summed E-state index contributed by atoms with van der Waals surface area (Å²) in [4.78, 5) is 11.3. The zero-order valence-electron chi connectivity index (χ0n) is 15.6. The van der Waals surface area contributed by atoms with Gasteiger partial charge in [0.1, 0.15) is 4.90 Å². The van der Waals surface area contributed by atoms with E-state index in [0.29, 0.717) is 11.3 Å². The van der Waals surface area contributed by atoms with Gasteiger partial charge in [0.25, 0.3) is 10.0 Å². The van der Waals surface area contributed by atoms with Crippen LogP contribution in [0.1, 0.15) is 25.7 Å². The van der Waals surface area contributed by atoms with Crippen LogP contribution < -0.4 is 9.62 Å². The highest BCUT2D eigenvalue weighted by Crippen LogP contribution is 2.31. The van der Waals surface area contributed by atoms with Gasteiger partial charge < -0.3 is 4.90 Å². The molecule has 0 radical (unpaired) electrons. The lowest BCUT2D eigenvalue weighted by Gasteiger charge is -2.24. The van der Waals surface area contributed by atoms with Crippen molar-refractivity contribution in [2.24, 2.45) is 0 Å². The summed E-state index contributed by atoms with van der Waals surface area (Å²) in [7, 11) is -4.00. The first-order valence-electron chi connectivity index (χ1n) is 9.44. The Balaban J connectivity index is 1.81. The Morgan fingerprint density at radius 2 is 1.55 bits per heavy atom. The molecule has 1 saturated heterocycles. The second kappa shape index (κ2) is 8.34. The Hall–Kier alpha value is -2.09. The fourth-order valence-corrected chi connectivity index (χ4v) is 5.19. The number of anilines is 2. The van der Waals surface area contributed by atoms with E-state index >= 15 is 0 Å². The molecule has 1 aromatic heterocycles. The van der Waals surface area contributed by atoms with E-state index in [9.17, 15) is 8.42 Å². The Morgan fingerprint density at radius 1 is 0.897 bits per heavy atom. The highest BCUT2D eigenvalue weighted by molar-refractivity contribution is 7.92. The van der Waals surface area contributed by atoms with Crippen molar-refractivity contribution in [2.45, 2.75) is 30.6 Å². The van der Waals surface area contributed by atoms with Crippen molar-refractivity contribution in [2.75, 3.05) is 22.7 Å². The average molecular weight is 451 g/mol. The van der Waals surface area contributed by atoms with Crippen LogP contribution >= 0.6 is 23.2 Å². The van der Waals surface area contributed by atoms with E-state index in [1.807, 2.05) is 18.2 Å². The number of aromatic nitrogens is 2. The quantitative estimate of drug-likeness (QED) is 0.596. The minimum absolute atomic E-state index is 0.0898. The smallest absolute Gasteiger partial charge is 0.264 e. The summed E-state index contributed by atoms with van der Waals surface area (Å²) in [5.41, 5.74) is 1.33. The zero-order chi connectivity index (χ0) is 20.4. The van der Waals surface area contributed by atoms with Crippen LogP contribution in [0.3, 0.4) is 0 Å². The third-order valence-electron chi connectivity index (χ3n) is 4.87.